The smallest absolute Gasteiger partial charge is 0.330 e. The molecule has 3 rings (SSSR count). The van der Waals surface area contributed by atoms with Crippen LogP contribution in [0.15, 0.2) is 54.9 Å². The van der Waals surface area contributed by atoms with E-state index in [9.17, 15) is 19.7 Å². The van der Waals surface area contributed by atoms with Crippen molar-refractivity contribution in [2.45, 2.75) is 13.0 Å². The fourth-order valence-corrected chi connectivity index (χ4v) is 2.43. The van der Waals surface area contributed by atoms with Gasteiger partial charge in [0.1, 0.15) is 0 Å². The summed E-state index contributed by atoms with van der Waals surface area (Å²) in [4.78, 5) is 37.9. The van der Waals surface area contributed by atoms with Gasteiger partial charge >= 0.3 is 6.03 Å². The summed E-state index contributed by atoms with van der Waals surface area (Å²) < 4.78 is 1.85. The number of nitro groups is 1. The first-order valence-electron chi connectivity index (χ1n) is 8.03. The number of nitrogens with zero attached hydrogens (tertiary/aromatic N) is 3. The summed E-state index contributed by atoms with van der Waals surface area (Å²) >= 11 is 0. The van der Waals surface area contributed by atoms with Gasteiger partial charge < -0.3 is 9.88 Å². The number of aryl methyl sites for hydroxylation is 1. The highest BCUT2D eigenvalue weighted by Crippen LogP contribution is 2.15. The van der Waals surface area contributed by atoms with Gasteiger partial charge in [-0.3, -0.25) is 20.3 Å². The van der Waals surface area contributed by atoms with Crippen LogP contribution in [0.5, 0.6) is 0 Å². The minimum absolute atomic E-state index is 0.0821. The molecule has 27 heavy (non-hydrogen) atoms. The van der Waals surface area contributed by atoms with Crippen LogP contribution in [-0.4, -0.2) is 26.4 Å². The van der Waals surface area contributed by atoms with Gasteiger partial charge in [-0.1, -0.05) is 12.1 Å². The van der Waals surface area contributed by atoms with Crippen molar-refractivity contribution in [1.29, 1.82) is 0 Å². The van der Waals surface area contributed by atoms with E-state index in [2.05, 4.69) is 21.2 Å². The van der Waals surface area contributed by atoms with E-state index in [-0.39, 0.29) is 18.0 Å². The van der Waals surface area contributed by atoms with E-state index >= 15 is 0 Å². The molecule has 0 saturated carbocycles. The molecular weight excluding hydrogens is 352 g/mol. The minimum Gasteiger partial charge on any atom is -0.330 e. The second-order valence-corrected chi connectivity index (χ2v) is 5.61. The minimum atomic E-state index is -0.662. The van der Waals surface area contributed by atoms with Gasteiger partial charge in [-0.15, -0.1) is 0 Å². The standard InChI is InChI=1S/C17H16N6O4/c24-16(9-10-22-11-18-14-3-1-2-4-15(14)22)20-21-17(25)19-12-5-7-13(8-6-12)23(26)27/h1-8,11H,9-10H2,(H,20,24)(H2,19,21,25). The van der Waals surface area contributed by atoms with Gasteiger partial charge in [-0.25, -0.2) is 15.2 Å². The Morgan fingerprint density at radius 3 is 2.56 bits per heavy atom. The van der Waals surface area contributed by atoms with E-state index in [1.54, 1.807) is 6.33 Å². The Kier molecular flexibility index (Phi) is 5.26. The molecule has 0 spiro atoms. The maximum Gasteiger partial charge on any atom is 0.337 e. The number of fused-ring (bicyclic) bond motifs is 1. The predicted molar refractivity (Wildman–Crippen MR) is 97.7 cm³/mol. The average Bonchev–Trinajstić information content (AvgIpc) is 3.08. The molecule has 138 valence electrons. The summed E-state index contributed by atoms with van der Waals surface area (Å²) in [6.45, 7) is 0.415. The van der Waals surface area contributed by atoms with Crippen LogP contribution in [0, 0.1) is 10.1 Å². The SMILES string of the molecule is O=C(CCn1cnc2ccccc21)NNC(=O)Nc1ccc([N+](=O)[O-])cc1. The lowest BCUT2D eigenvalue weighted by Gasteiger charge is -2.09. The number of non-ortho nitro benzene ring substituents is 1. The van der Waals surface area contributed by atoms with Crippen molar-refractivity contribution in [3.05, 3.63) is 65.0 Å². The molecule has 0 atom stereocenters. The van der Waals surface area contributed by atoms with Crippen LogP contribution in [0.1, 0.15) is 6.42 Å². The molecule has 10 nitrogen and oxygen atoms in total. The predicted octanol–water partition coefficient (Wildman–Crippen LogP) is 2.19. The maximum absolute atomic E-state index is 11.9. The topological polar surface area (TPSA) is 131 Å². The van der Waals surface area contributed by atoms with E-state index in [1.807, 2.05) is 28.8 Å². The number of amides is 3. The van der Waals surface area contributed by atoms with Crippen LogP contribution in [0.4, 0.5) is 16.2 Å². The Labute approximate surface area is 153 Å². The van der Waals surface area contributed by atoms with Crippen molar-refractivity contribution in [2.24, 2.45) is 0 Å². The third-order valence-corrected chi connectivity index (χ3v) is 3.76. The Hall–Kier alpha value is -3.95. The molecule has 0 aliphatic carbocycles. The molecule has 0 aliphatic rings. The van der Waals surface area contributed by atoms with Gasteiger partial charge in [0.25, 0.3) is 5.69 Å². The van der Waals surface area contributed by atoms with Gasteiger partial charge in [0.05, 0.1) is 22.3 Å². The Balaban J connectivity index is 1.44. The Morgan fingerprint density at radius 1 is 1.07 bits per heavy atom. The number of carbonyl (C=O) groups is 2. The Morgan fingerprint density at radius 2 is 1.81 bits per heavy atom. The summed E-state index contributed by atoms with van der Waals surface area (Å²) in [6.07, 6.45) is 1.81. The molecule has 3 amide bonds. The van der Waals surface area contributed by atoms with Crippen molar-refractivity contribution in [2.75, 3.05) is 5.32 Å². The van der Waals surface area contributed by atoms with Crippen LogP contribution in [0.3, 0.4) is 0 Å². The molecule has 10 heteroatoms. The Bertz CT molecular complexity index is 983. The van der Waals surface area contributed by atoms with Gasteiger partial charge in [-0.2, -0.15) is 0 Å². The van der Waals surface area contributed by atoms with Gasteiger partial charge in [0, 0.05) is 30.8 Å². The molecular formula is C17H16N6O4. The largest absolute Gasteiger partial charge is 0.337 e. The molecule has 3 aromatic rings. The number of hydrogen-bond donors (Lipinski definition) is 3. The zero-order valence-corrected chi connectivity index (χ0v) is 14.1. The van der Waals surface area contributed by atoms with E-state index < -0.39 is 11.0 Å². The second kappa shape index (κ2) is 7.95. The number of hydrogen-bond acceptors (Lipinski definition) is 5. The number of nitro benzene ring substituents is 1. The molecule has 1 heterocycles. The second-order valence-electron chi connectivity index (χ2n) is 5.61. The summed E-state index contributed by atoms with van der Waals surface area (Å²) in [5.41, 5.74) is 6.57. The van der Waals surface area contributed by atoms with Crippen molar-refractivity contribution in [3.63, 3.8) is 0 Å². The molecule has 0 saturated heterocycles. The monoisotopic (exact) mass is 368 g/mol. The summed E-state index contributed by atoms with van der Waals surface area (Å²) in [6, 6.07) is 12.2. The van der Waals surface area contributed by atoms with Crippen LogP contribution < -0.4 is 16.2 Å². The van der Waals surface area contributed by atoms with E-state index in [4.69, 9.17) is 0 Å². The molecule has 0 radical (unpaired) electrons. The van der Waals surface area contributed by atoms with Gasteiger partial charge in [0.15, 0.2) is 0 Å². The number of rotatable bonds is 5. The quantitative estimate of drug-likeness (QED) is 0.469. The molecule has 0 aliphatic heterocycles. The van der Waals surface area contributed by atoms with Crippen LogP contribution >= 0.6 is 0 Å². The number of para-hydroxylation sites is 2. The number of imidazole rings is 1. The number of carbonyl (C=O) groups excluding carboxylic acids is 2. The lowest BCUT2D eigenvalue weighted by molar-refractivity contribution is -0.384. The molecule has 0 bridgehead atoms. The van der Waals surface area contributed by atoms with Crippen molar-refractivity contribution >= 4 is 34.3 Å². The highest BCUT2D eigenvalue weighted by Gasteiger charge is 2.08. The highest BCUT2D eigenvalue weighted by molar-refractivity contribution is 5.91. The van der Waals surface area contributed by atoms with Gasteiger partial charge in [0.2, 0.25) is 5.91 Å². The van der Waals surface area contributed by atoms with Crippen molar-refractivity contribution in [3.8, 4) is 0 Å². The number of aromatic nitrogens is 2. The molecule has 1 aromatic heterocycles. The van der Waals surface area contributed by atoms with Crippen molar-refractivity contribution in [1.82, 2.24) is 20.4 Å². The molecule has 2 aromatic carbocycles. The summed E-state index contributed by atoms with van der Waals surface area (Å²) in [7, 11) is 0. The lowest BCUT2D eigenvalue weighted by atomic mass is 10.3. The first-order chi connectivity index (χ1) is 13.0. The number of urea groups is 1. The van der Waals surface area contributed by atoms with Crippen LogP contribution in [0.2, 0.25) is 0 Å². The zero-order valence-electron chi connectivity index (χ0n) is 14.1. The maximum atomic E-state index is 11.9. The highest BCUT2D eigenvalue weighted by atomic mass is 16.6. The van der Waals surface area contributed by atoms with E-state index in [1.165, 1.54) is 24.3 Å². The van der Waals surface area contributed by atoms with Crippen molar-refractivity contribution < 1.29 is 14.5 Å². The zero-order chi connectivity index (χ0) is 19.2. The van der Waals surface area contributed by atoms with E-state index in [0.717, 1.165) is 11.0 Å². The average molecular weight is 368 g/mol. The third-order valence-electron chi connectivity index (χ3n) is 3.76. The van der Waals surface area contributed by atoms with Crippen LogP contribution in [-0.2, 0) is 11.3 Å². The molecule has 3 N–H and O–H groups in total. The van der Waals surface area contributed by atoms with Crippen LogP contribution in [0.25, 0.3) is 11.0 Å². The summed E-state index contributed by atoms with van der Waals surface area (Å²) in [5.74, 6) is -0.369. The first-order valence-corrected chi connectivity index (χ1v) is 8.03. The fraction of sp³-hybridized carbons (Fsp3) is 0.118. The normalized spacial score (nSPS) is 10.4. The number of benzene rings is 2. The number of anilines is 1. The van der Waals surface area contributed by atoms with Gasteiger partial charge in [-0.05, 0) is 24.3 Å². The molecule has 0 fully saturated rings. The molecule has 0 unspecified atom stereocenters. The number of nitrogens with one attached hydrogen (secondary N) is 3. The third kappa shape index (κ3) is 4.57. The fourth-order valence-electron chi connectivity index (χ4n) is 2.43. The number of hydrazine groups is 1. The van der Waals surface area contributed by atoms with E-state index in [0.29, 0.717) is 12.2 Å². The lowest BCUT2D eigenvalue weighted by Crippen LogP contribution is -2.44. The summed E-state index contributed by atoms with van der Waals surface area (Å²) in [5, 5.41) is 13.0. The first kappa shape index (κ1) is 17.9.